The van der Waals surface area contributed by atoms with E-state index in [9.17, 15) is 43.5 Å². The molecular weight excluding hydrogens is 865 g/mol. The summed E-state index contributed by atoms with van der Waals surface area (Å²) in [5, 5.41) is 35.5. The number of benzene rings is 2. The lowest BCUT2D eigenvalue weighted by Gasteiger charge is -2.36. The summed E-state index contributed by atoms with van der Waals surface area (Å²) in [6, 6.07) is 8.69. The minimum Gasteiger partial charge on any atom is -0.391 e. The normalized spacial score (nSPS) is 25.9. The van der Waals surface area contributed by atoms with Crippen molar-refractivity contribution in [2.45, 2.75) is 120 Å². The highest BCUT2D eigenvalue weighted by Gasteiger charge is 2.40. The summed E-state index contributed by atoms with van der Waals surface area (Å²) in [5.74, 6) is -3.95. The Morgan fingerprint density at radius 3 is 1.93 bits per heavy atom. The molecule has 67 heavy (non-hydrogen) atoms. The Morgan fingerprint density at radius 1 is 0.746 bits per heavy atom. The number of amides is 7. The number of carbonyl (C=O) groups is 8. The molecule has 7 amide bonds. The number of aldehydes is 2. The van der Waals surface area contributed by atoms with E-state index in [0.717, 1.165) is 12.0 Å². The molecule has 2 aromatic rings. The van der Waals surface area contributed by atoms with Crippen LogP contribution in [-0.4, -0.2) is 140 Å². The third-order valence-electron chi connectivity index (χ3n) is 11.4. The molecule has 0 radical (unpaired) electrons. The van der Waals surface area contributed by atoms with Crippen molar-refractivity contribution in [2.24, 2.45) is 23.1 Å². The lowest BCUT2D eigenvalue weighted by atomic mass is 9.90. The van der Waals surface area contributed by atoms with E-state index >= 15 is 0 Å². The van der Waals surface area contributed by atoms with Gasteiger partial charge in [-0.3, -0.25) is 24.0 Å². The van der Waals surface area contributed by atoms with E-state index in [4.69, 9.17) is 17.2 Å². The molecule has 0 aliphatic carbocycles. The zero-order valence-corrected chi connectivity index (χ0v) is 39.0. The summed E-state index contributed by atoms with van der Waals surface area (Å²) in [6.07, 6.45) is 0.204. The highest BCUT2D eigenvalue weighted by atomic mass is 16.3. The minimum atomic E-state index is -1.72. The summed E-state index contributed by atoms with van der Waals surface area (Å²) in [7, 11) is 0. The van der Waals surface area contributed by atoms with E-state index in [2.05, 4.69) is 47.9 Å². The summed E-state index contributed by atoms with van der Waals surface area (Å²) >= 11 is 0. The maximum atomic E-state index is 14.4. The predicted octanol–water partition coefficient (Wildman–Crippen LogP) is -2.03. The first-order valence-corrected chi connectivity index (χ1v) is 22.9. The fourth-order valence-electron chi connectivity index (χ4n) is 7.56. The van der Waals surface area contributed by atoms with Gasteiger partial charge in [0, 0.05) is 31.7 Å². The van der Waals surface area contributed by atoms with Gasteiger partial charge in [-0.1, -0.05) is 63.2 Å². The molecular formula is C46H72N12O9. The van der Waals surface area contributed by atoms with Crippen molar-refractivity contribution >= 4 is 53.8 Å². The van der Waals surface area contributed by atoms with Crippen LogP contribution >= 0.6 is 0 Å². The van der Waals surface area contributed by atoms with E-state index in [1.165, 1.54) is 6.92 Å². The Hall–Kier alpha value is -5.84. The van der Waals surface area contributed by atoms with Crippen LogP contribution in [0.2, 0.25) is 0 Å². The van der Waals surface area contributed by atoms with E-state index in [1.54, 1.807) is 42.5 Å². The second-order valence-corrected chi connectivity index (χ2v) is 17.4. The van der Waals surface area contributed by atoms with Gasteiger partial charge in [0.05, 0.1) is 18.2 Å². The van der Waals surface area contributed by atoms with Gasteiger partial charge < -0.3 is 79.7 Å². The van der Waals surface area contributed by atoms with Crippen molar-refractivity contribution in [3.05, 3.63) is 65.7 Å². The Labute approximate surface area is 392 Å². The smallest absolute Gasteiger partial charge is 0.319 e. The molecule has 1 fully saturated rings. The van der Waals surface area contributed by atoms with E-state index in [1.807, 2.05) is 32.9 Å². The molecule has 1 aliphatic heterocycles. The number of aryl methyl sites for hydroxylation is 1. The van der Waals surface area contributed by atoms with Gasteiger partial charge in [-0.25, -0.2) is 4.79 Å². The largest absolute Gasteiger partial charge is 0.391 e. The maximum absolute atomic E-state index is 14.4. The second kappa shape index (κ2) is 27.7. The van der Waals surface area contributed by atoms with Crippen LogP contribution in [0, 0.1) is 5.92 Å². The third kappa shape index (κ3) is 17.7. The molecule has 8 atom stereocenters. The number of carbonyl (C=O) groups excluding carboxylic acids is 8. The molecule has 0 bridgehead atoms. The summed E-state index contributed by atoms with van der Waals surface area (Å²) in [5.41, 5.74) is 16.5. The van der Waals surface area contributed by atoms with Crippen LogP contribution in [0.1, 0.15) is 70.9 Å². The lowest BCUT2D eigenvalue weighted by molar-refractivity contribution is -0.133. The minimum absolute atomic E-state index is 0.00737. The Balaban J connectivity index is 2.14. The fraction of sp³-hybridized carbons (Fsp3) is 0.565. The van der Waals surface area contributed by atoms with Gasteiger partial charge >= 0.3 is 6.03 Å². The van der Waals surface area contributed by atoms with E-state index in [0.29, 0.717) is 23.8 Å². The molecule has 21 heteroatoms. The van der Waals surface area contributed by atoms with Crippen LogP contribution in [0.4, 0.5) is 10.5 Å². The maximum Gasteiger partial charge on any atom is 0.319 e. The monoisotopic (exact) mass is 937 g/mol. The van der Waals surface area contributed by atoms with E-state index < -0.39 is 83.0 Å². The zero-order chi connectivity index (χ0) is 49.6. The number of aliphatic hydroxyl groups is 1. The first kappa shape index (κ1) is 55.5. The van der Waals surface area contributed by atoms with Crippen LogP contribution in [0.15, 0.2) is 54.6 Å². The zero-order valence-electron chi connectivity index (χ0n) is 39.0. The number of anilines is 1. The van der Waals surface area contributed by atoms with Crippen molar-refractivity contribution in [2.75, 3.05) is 44.6 Å². The number of rotatable bonds is 16. The quantitative estimate of drug-likeness (QED) is 0.0808. The number of nitrogens with two attached hydrogens (primary N) is 3. The van der Waals surface area contributed by atoms with Crippen molar-refractivity contribution in [1.29, 1.82) is 0 Å². The van der Waals surface area contributed by atoms with Crippen molar-refractivity contribution in [3.8, 4) is 0 Å². The molecule has 370 valence electrons. The standard InChI is InChI=1S/C46H72N12O9/c1-5-31-11-13-33(14-12-31)53-44(67)55-36-17-22-50-43(66)38(30(4)61)56-39(62)34(15-19-47)51-25-45(27-59,18-21-49)57-42(65)37(23-29(2)3)52-26-46(28-60,24-32-9-7-6-8-10-32)58-41(64)35(16-20-48)54-40(36)63/h6-14,27-30,34-38,51-52,61H,5,15-26,47-49H2,1-4H3,(H,50,66)(H,54,63)(H,56,62)(H,57,65)(H,58,64)(H2,53,55,67)/t30-,34+,35+,36+,37+,38+,45+,46-/m1/s1. The molecule has 2 aromatic carbocycles. The number of hydrogen-bond donors (Lipinski definition) is 13. The highest BCUT2D eigenvalue weighted by Crippen LogP contribution is 2.17. The predicted molar refractivity (Wildman–Crippen MR) is 253 cm³/mol. The average Bonchev–Trinajstić information content (AvgIpc) is 3.30. The first-order chi connectivity index (χ1) is 32.0. The number of nitrogens with one attached hydrogen (secondary N) is 9. The van der Waals surface area contributed by atoms with Crippen molar-refractivity contribution in [3.63, 3.8) is 0 Å². The van der Waals surface area contributed by atoms with Crippen LogP contribution in [-0.2, 0) is 46.4 Å². The van der Waals surface area contributed by atoms with Crippen LogP contribution < -0.4 is 65.1 Å². The molecule has 16 N–H and O–H groups in total. The Kier molecular flexibility index (Phi) is 23.0. The average molecular weight is 937 g/mol. The molecule has 0 spiro atoms. The van der Waals surface area contributed by atoms with Gasteiger partial charge in [0.1, 0.15) is 41.8 Å². The second-order valence-electron chi connectivity index (χ2n) is 17.4. The first-order valence-electron chi connectivity index (χ1n) is 22.9. The molecule has 3 rings (SSSR count). The molecule has 1 heterocycles. The number of hydrogen-bond acceptors (Lipinski definition) is 14. The lowest BCUT2D eigenvalue weighted by Crippen LogP contribution is -2.66. The van der Waals surface area contributed by atoms with E-state index in [-0.39, 0.29) is 83.7 Å². The van der Waals surface area contributed by atoms with Gasteiger partial charge in [-0.05, 0) is 94.3 Å². The van der Waals surface area contributed by atoms with Crippen LogP contribution in [0.25, 0.3) is 0 Å². The Morgan fingerprint density at radius 2 is 1.34 bits per heavy atom. The van der Waals surface area contributed by atoms with Gasteiger partial charge in [-0.2, -0.15) is 0 Å². The van der Waals surface area contributed by atoms with Crippen LogP contribution in [0.5, 0.6) is 0 Å². The Bertz CT molecular complexity index is 1940. The van der Waals surface area contributed by atoms with Gasteiger partial charge in [0.2, 0.25) is 29.5 Å². The van der Waals surface area contributed by atoms with Crippen LogP contribution in [0.3, 0.4) is 0 Å². The topological polar surface area (TPSA) is 343 Å². The molecule has 1 aliphatic rings. The summed E-state index contributed by atoms with van der Waals surface area (Å²) in [4.78, 5) is 110. The van der Waals surface area contributed by atoms with Gasteiger partial charge in [0.25, 0.3) is 0 Å². The SMILES string of the molecule is CCc1ccc(NC(=O)N[C@H]2CCNC(=O)[C@H]([C@@H](C)O)NC(=O)[C@H](CCN)NC[C@](C=O)(CCN)NC(=O)[C@H](CC(C)C)NC[C@@](C=O)(Cc3ccccc3)NC(=O)[C@H](CCN)NC2=O)cc1. The summed E-state index contributed by atoms with van der Waals surface area (Å²) < 4.78 is 0. The summed E-state index contributed by atoms with van der Waals surface area (Å²) in [6.45, 7) is 6.02. The molecule has 0 aromatic heterocycles. The highest BCUT2D eigenvalue weighted by molar-refractivity contribution is 5.96. The van der Waals surface area contributed by atoms with Crippen molar-refractivity contribution < 1.29 is 43.5 Å². The third-order valence-corrected chi connectivity index (χ3v) is 11.4. The number of aliphatic hydroxyl groups excluding tert-OH is 1. The fourth-order valence-corrected chi connectivity index (χ4v) is 7.56. The van der Waals surface area contributed by atoms with Crippen molar-refractivity contribution in [1.82, 2.24) is 42.5 Å². The molecule has 21 nitrogen and oxygen atoms in total. The van der Waals surface area contributed by atoms with Gasteiger partial charge in [-0.15, -0.1) is 0 Å². The van der Waals surface area contributed by atoms with Gasteiger partial charge in [0.15, 0.2) is 0 Å². The number of urea groups is 1. The molecule has 0 unspecified atom stereocenters. The molecule has 0 saturated carbocycles. The molecule has 1 saturated heterocycles.